The van der Waals surface area contributed by atoms with Gasteiger partial charge in [0.05, 0.1) is 10.0 Å². The molecule has 1 aliphatic carbocycles. The van der Waals surface area contributed by atoms with Crippen LogP contribution in [0.4, 0.5) is 0 Å². The van der Waals surface area contributed by atoms with Crippen molar-refractivity contribution >= 4 is 29.0 Å². The Balaban J connectivity index is 0.000000790. The molecule has 39 heavy (non-hydrogen) atoms. The van der Waals surface area contributed by atoms with Crippen LogP contribution in [0, 0.1) is 11.3 Å². The van der Waals surface area contributed by atoms with Crippen molar-refractivity contribution in [3.05, 3.63) is 69.8 Å². The van der Waals surface area contributed by atoms with E-state index >= 15 is 0 Å². The summed E-state index contributed by atoms with van der Waals surface area (Å²) in [4.78, 5) is 9.44. The van der Waals surface area contributed by atoms with Gasteiger partial charge in [-0.2, -0.15) is 0 Å². The fourth-order valence-corrected chi connectivity index (χ4v) is 5.41. The number of halogens is 2. The van der Waals surface area contributed by atoms with Gasteiger partial charge < -0.3 is 4.79 Å². The third kappa shape index (κ3) is 15.3. The van der Waals surface area contributed by atoms with Crippen LogP contribution in [-0.2, 0) is 10.2 Å². The van der Waals surface area contributed by atoms with Gasteiger partial charge in [0.2, 0.25) is 0 Å². The van der Waals surface area contributed by atoms with Gasteiger partial charge in [0.1, 0.15) is 5.78 Å². The van der Waals surface area contributed by atoms with Gasteiger partial charge in [0.15, 0.2) is 0 Å². The zero-order valence-corrected chi connectivity index (χ0v) is 28.2. The number of hydrogen-bond donors (Lipinski definition) is 0. The number of hydrogen-bond acceptors (Lipinski definition) is 1. The molecular weight excluding hydrogens is 519 g/mol. The predicted octanol–water partition coefficient (Wildman–Crippen LogP) is 12.9. The minimum Gasteiger partial charge on any atom is -0.300 e. The molecule has 0 fully saturated rings. The van der Waals surface area contributed by atoms with Gasteiger partial charge in [-0.05, 0) is 76.0 Å². The summed E-state index contributed by atoms with van der Waals surface area (Å²) in [5, 5.41) is 1.25. The summed E-state index contributed by atoms with van der Waals surface area (Å²) in [6.07, 6.45) is 21.1. The molecule has 3 atom stereocenters. The van der Waals surface area contributed by atoms with Crippen molar-refractivity contribution in [3.63, 3.8) is 0 Å². The van der Waals surface area contributed by atoms with Crippen molar-refractivity contribution in [2.24, 2.45) is 11.3 Å². The number of unbranched alkanes of at least 4 members (excludes halogenated alkanes) is 2. The fourth-order valence-electron chi connectivity index (χ4n) is 5.11. The second-order valence-corrected chi connectivity index (χ2v) is 13.0. The largest absolute Gasteiger partial charge is 0.300 e. The number of carbonyl (C=O) groups is 1. The number of carbonyl (C=O) groups excluding carboxylic acids is 1. The summed E-state index contributed by atoms with van der Waals surface area (Å²) in [7, 11) is 0. The molecule has 222 valence electrons. The Morgan fingerprint density at radius 2 is 1.67 bits per heavy atom. The van der Waals surface area contributed by atoms with Crippen LogP contribution in [0.2, 0.25) is 10.0 Å². The fraction of sp³-hybridized carbons (Fsp3) is 0.639. The van der Waals surface area contributed by atoms with Crippen LogP contribution < -0.4 is 0 Å². The Kier molecular flexibility index (Phi) is 19.1. The van der Waals surface area contributed by atoms with Crippen LogP contribution in [-0.4, -0.2) is 5.78 Å². The van der Waals surface area contributed by atoms with Crippen LogP contribution >= 0.6 is 23.2 Å². The number of allylic oxidation sites excluding steroid dienone is 5. The van der Waals surface area contributed by atoms with E-state index in [0.717, 1.165) is 12.3 Å². The van der Waals surface area contributed by atoms with Gasteiger partial charge in [0.25, 0.3) is 0 Å². The number of rotatable bonds is 13. The van der Waals surface area contributed by atoms with Crippen molar-refractivity contribution in [2.75, 3.05) is 0 Å². The molecular formula is C36H58Cl2O. The molecule has 0 amide bonds. The quantitative estimate of drug-likeness (QED) is 0.168. The first-order chi connectivity index (χ1) is 18.2. The molecule has 1 aromatic carbocycles. The van der Waals surface area contributed by atoms with E-state index in [1.807, 2.05) is 12.1 Å². The summed E-state index contributed by atoms with van der Waals surface area (Å²) in [6, 6.07) is 6.00. The lowest BCUT2D eigenvalue weighted by Gasteiger charge is -2.31. The average Bonchev–Trinajstić information content (AvgIpc) is 2.86. The Labute approximate surface area is 252 Å². The highest BCUT2D eigenvalue weighted by Gasteiger charge is 2.27. The zero-order valence-electron chi connectivity index (χ0n) is 26.7. The molecule has 3 heteroatoms. The first kappa shape index (κ1) is 37.7. The third-order valence-electron chi connectivity index (χ3n) is 8.02. The SMILES string of the molecule is C=C(C)C(C)(CCCCCC(CC)CCC)c1ccc(Cl)c(Cl)c1.CC(C)=O.CCCC1(C)C=CC(C)=CC1. The van der Waals surface area contributed by atoms with Gasteiger partial charge in [-0.1, -0.05) is 151 Å². The predicted molar refractivity (Wildman–Crippen MR) is 177 cm³/mol. The minimum atomic E-state index is -0.0260. The summed E-state index contributed by atoms with van der Waals surface area (Å²) in [5.74, 6) is 1.08. The Morgan fingerprint density at radius 1 is 1.03 bits per heavy atom. The van der Waals surface area contributed by atoms with Gasteiger partial charge in [0, 0.05) is 5.41 Å². The first-order valence-electron chi connectivity index (χ1n) is 15.2. The third-order valence-corrected chi connectivity index (χ3v) is 8.76. The van der Waals surface area contributed by atoms with E-state index in [1.165, 1.54) is 94.8 Å². The standard InChI is InChI=1S/C22H34Cl2.C11H18.C3H6O/c1-6-11-18(7-2)12-9-8-10-15-22(5,17(3)4)19-13-14-20(23)21(24)16-19;1-4-7-11(3)8-5-10(2)6-9-11;1-3(2)4/h13-14,16,18H,3,6-12,15H2,1-2,4-5H3;5-6,8H,4,7,9H2,1-3H3;1-2H3. The zero-order chi connectivity index (χ0) is 30.1. The second kappa shape index (κ2) is 19.7. The first-order valence-corrected chi connectivity index (χ1v) is 15.9. The minimum absolute atomic E-state index is 0.0260. The highest BCUT2D eigenvalue weighted by Crippen LogP contribution is 2.39. The van der Waals surface area contributed by atoms with Gasteiger partial charge in [-0.3, -0.25) is 0 Å². The normalized spacial score (nSPS) is 18.5. The summed E-state index contributed by atoms with van der Waals surface area (Å²) < 4.78 is 0. The van der Waals surface area contributed by atoms with E-state index in [0.29, 0.717) is 15.5 Å². The topological polar surface area (TPSA) is 17.1 Å². The molecule has 0 saturated heterocycles. The monoisotopic (exact) mass is 576 g/mol. The van der Waals surface area contributed by atoms with E-state index < -0.39 is 0 Å². The summed E-state index contributed by atoms with van der Waals surface area (Å²) in [5.41, 5.74) is 4.26. The van der Waals surface area contributed by atoms with E-state index in [9.17, 15) is 4.79 Å². The maximum absolute atomic E-state index is 9.44. The highest BCUT2D eigenvalue weighted by molar-refractivity contribution is 6.42. The van der Waals surface area contributed by atoms with Crippen LogP contribution in [0.15, 0.2) is 54.2 Å². The maximum Gasteiger partial charge on any atom is 0.126 e. The molecule has 3 unspecified atom stereocenters. The number of ketones is 1. The second-order valence-electron chi connectivity index (χ2n) is 12.2. The van der Waals surface area contributed by atoms with Gasteiger partial charge >= 0.3 is 0 Å². The Morgan fingerprint density at radius 3 is 2.13 bits per heavy atom. The summed E-state index contributed by atoms with van der Waals surface area (Å²) >= 11 is 12.3. The lowest BCUT2D eigenvalue weighted by molar-refractivity contribution is -0.114. The van der Waals surface area contributed by atoms with Crippen LogP contribution in [0.3, 0.4) is 0 Å². The lowest BCUT2D eigenvalue weighted by atomic mass is 9.73. The molecule has 1 nitrogen and oxygen atoms in total. The van der Waals surface area contributed by atoms with Gasteiger partial charge in [-0.15, -0.1) is 0 Å². The molecule has 0 aromatic heterocycles. The molecule has 0 heterocycles. The molecule has 0 radical (unpaired) electrons. The van der Waals surface area contributed by atoms with E-state index in [4.69, 9.17) is 23.2 Å². The molecule has 2 rings (SSSR count). The molecule has 1 aliphatic rings. The Hall–Kier alpha value is -1.31. The number of benzene rings is 1. The molecule has 0 N–H and O–H groups in total. The van der Waals surface area contributed by atoms with Crippen molar-refractivity contribution in [2.45, 2.75) is 138 Å². The van der Waals surface area contributed by atoms with Crippen molar-refractivity contribution < 1.29 is 4.79 Å². The smallest absolute Gasteiger partial charge is 0.126 e. The van der Waals surface area contributed by atoms with Crippen molar-refractivity contribution in [3.8, 4) is 0 Å². The van der Waals surface area contributed by atoms with Crippen LogP contribution in [0.1, 0.15) is 139 Å². The van der Waals surface area contributed by atoms with E-state index in [2.05, 4.69) is 79.3 Å². The average molecular weight is 578 g/mol. The van der Waals surface area contributed by atoms with Crippen LogP contribution in [0.25, 0.3) is 0 Å². The van der Waals surface area contributed by atoms with E-state index in [-0.39, 0.29) is 11.2 Å². The Bertz CT molecular complexity index is 924. The molecule has 1 aromatic rings. The van der Waals surface area contributed by atoms with Crippen molar-refractivity contribution in [1.82, 2.24) is 0 Å². The number of Topliss-reactive ketones (excluding diaryl/α,β-unsaturated/α-hetero) is 1. The molecule has 0 saturated carbocycles. The molecule has 0 bridgehead atoms. The molecule has 0 aliphatic heterocycles. The maximum atomic E-state index is 9.44. The molecule has 0 spiro atoms. The van der Waals surface area contributed by atoms with E-state index in [1.54, 1.807) is 0 Å². The lowest BCUT2D eigenvalue weighted by Crippen LogP contribution is -2.23. The van der Waals surface area contributed by atoms with Crippen molar-refractivity contribution in [1.29, 1.82) is 0 Å². The van der Waals surface area contributed by atoms with Gasteiger partial charge in [-0.25, -0.2) is 0 Å². The summed E-state index contributed by atoms with van der Waals surface area (Å²) in [6.45, 7) is 23.1. The highest BCUT2D eigenvalue weighted by atomic mass is 35.5. The van der Waals surface area contributed by atoms with Crippen LogP contribution in [0.5, 0.6) is 0 Å².